The van der Waals surface area contributed by atoms with E-state index < -0.39 is 11.9 Å². The maximum Gasteiger partial charge on any atom is 0.123 e. The molecule has 5 heteroatoms. The Kier molecular flexibility index (Phi) is 2.39. The lowest BCUT2D eigenvalue weighted by molar-refractivity contribution is 0.215. The first kappa shape index (κ1) is 9.67. The predicted octanol–water partition coefficient (Wildman–Crippen LogP) is 1.21. The number of nitrogens with one attached hydrogen (secondary N) is 1. The van der Waals surface area contributed by atoms with Crippen molar-refractivity contribution in [3.8, 4) is 0 Å². The van der Waals surface area contributed by atoms with E-state index in [4.69, 9.17) is 5.73 Å². The molecule has 0 saturated carbocycles. The van der Waals surface area contributed by atoms with Gasteiger partial charge in [-0.3, -0.25) is 5.10 Å². The molecule has 0 aliphatic heterocycles. The summed E-state index contributed by atoms with van der Waals surface area (Å²) in [5, 5.41) is 16.2. The van der Waals surface area contributed by atoms with Gasteiger partial charge in [0, 0.05) is 17.4 Å². The molecule has 0 bridgehead atoms. The van der Waals surface area contributed by atoms with Crippen molar-refractivity contribution >= 4 is 5.69 Å². The van der Waals surface area contributed by atoms with Crippen LogP contribution in [0.25, 0.3) is 0 Å². The number of hydrogen-bond acceptors (Lipinski definition) is 3. The number of rotatable bonds is 2. The minimum atomic E-state index is -0.983. The number of halogens is 1. The second-order valence-electron chi connectivity index (χ2n) is 3.19. The fourth-order valence-electron chi connectivity index (χ4n) is 1.37. The summed E-state index contributed by atoms with van der Waals surface area (Å²) < 4.78 is 13.0. The van der Waals surface area contributed by atoms with E-state index in [1.54, 1.807) is 6.07 Å². The average molecular weight is 207 g/mol. The summed E-state index contributed by atoms with van der Waals surface area (Å²) in [6, 6.07) is 5.48. The zero-order valence-electron chi connectivity index (χ0n) is 7.81. The summed E-state index contributed by atoms with van der Waals surface area (Å²) in [4.78, 5) is 0. The number of aliphatic hydroxyl groups excluding tert-OH is 1. The summed E-state index contributed by atoms with van der Waals surface area (Å²) in [5.74, 6) is -0.433. The second kappa shape index (κ2) is 3.70. The highest BCUT2D eigenvalue weighted by molar-refractivity contribution is 5.49. The second-order valence-corrected chi connectivity index (χ2v) is 3.19. The van der Waals surface area contributed by atoms with Gasteiger partial charge in [-0.1, -0.05) is 0 Å². The van der Waals surface area contributed by atoms with Gasteiger partial charge in [0.15, 0.2) is 0 Å². The fraction of sp³-hybridized carbons (Fsp3) is 0.100. The standard InChI is InChI=1S/C10H10FN3O/c11-6-1-2-8(12)7(5-6)10(15)9-3-4-13-14-9/h1-5,10,15H,12H2,(H,13,14). The molecule has 0 aliphatic rings. The number of aromatic amines is 1. The van der Waals surface area contributed by atoms with Crippen molar-refractivity contribution in [1.82, 2.24) is 10.2 Å². The molecule has 4 nitrogen and oxygen atoms in total. The van der Waals surface area contributed by atoms with Crippen LogP contribution in [-0.2, 0) is 0 Å². The molecule has 4 N–H and O–H groups in total. The number of aromatic nitrogens is 2. The highest BCUT2D eigenvalue weighted by Gasteiger charge is 2.15. The molecule has 1 unspecified atom stereocenters. The summed E-state index contributed by atoms with van der Waals surface area (Å²) in [6.45, 7) is 0. The Morgan fingerprint density at radius 1 is 1.40 bits per heavy atom. The molecule has 2 aromatic rings. The number of benzene rings is 1. The summed E-state index contributed by atoms with van der Waals surface area (Å²) in [7, 11) is 0. The van der Waals surface area contributed by atoms with Crippen LogP contribution in [0.2, 0.25) is 0 Å². The van der Waals surface area contributed by atoms with Crippen molar-refractivity contribution in [2.75, 3.05) is 5.73 Å². The molecule has 1 atom stereocenters. The summed E-state index contributed by atoms with van der Waals surface area (Å²) >= 11 is 0. The molecule has 0 spiro atoms. The van der Waals surface area contributed by atoms with Crippen LogP contribution in [-0.4, -0.2) is 15.3 Å². The Hall–Kier alpha value is -1.88. The number of aliphatic hydroxyl groups is 1. The number of nitrogen functional groups attached to an aromatic ring is 1. The van der Waals surface area contributed by atoms with Gasteiger partial charge in [-0.15, -0.1) is 0 Å². The van der Waals surface area contributed by atoms with Crippen LogP contribution >= 0.6 is 0 Å². The largest absolute Gasteiger partial charge is 0.398 e. The van der Waals surface area contributed by atoms with Crippen molar-refractivity contribution in [3.05, 3.63) is 47.5 Å². The molecule has 0 fully saturated rings. The molecular weight excluding hydrogens is 197 g/mol. The smallest absolute Gasteiger partial charge is 0.123 e. The van der Waals surface area contributed by atoms with Crippen molar-refractivity contribution in [2.24, 2.45) is 0 Å². The molecule has 1 heterocycles. The number of anilines is 1. The van der Waals surface area contributed by atoms with Crippen LogP contribution in [0.15, 0.2) is 30.5 Å². The van der Waals surface area contributed by atoms with Gasteiger partial charge in [-0.2, -0.15) is 5.10 Å². The van der Waals surface area contributed by atoms with Crippen LogP contribution in [0.4, 0.5) is 10.1 Å². The third-order valence-corrected chi connectivity index (χ3v) is 2.16. The molecule has 0 radical (unpaired) electrons. The molecule has 2 rings (SSSR count). The van der Waals surface area contributed by atoms with Crippen LogP contribution in [0.5, 0.6) is 0 Å². The van der Waals surface area contributed by atoms with E-state index in [0.717, 1.165) is 0 Å². The highest BCUT2D eigenvalue weighted by Crippen LogP contribution is 2.25. The van der Waals surface area contributed by atoms with Gasteiger partial charge >= 0.3 is 0 Å². The first-order valence-corrected chi connectivity index (χ1v) is 4.41. The molecule has 0 aliphatic carbocycles. The molecule has 1 aromatic heterocycles. The first-order chi connectivity index (χ1) is 7.18. The van der Waals surface area contributed by atoms with E-state index in [1.807, 2.05) is 0 Å². The van der Waals surface area contributed by atoms with Gasteiger partial charge in [0.05, 0.1) is 5.69 Å². The molecule has 1 aromatic carbocycles. The monoisotopic (exact) mass is 207 g/mol. The minimum Gasteiger partial charge on any atom is -0.398 e. The molecule has 15 heavy (non-hydrogen) atoms. The van der Waals surface area contributed by atoms with E-state index in [2.05, 4.69) is 10.2 Å². The lowest BCUT2D eigenvalue weighted by Gasteiger charge is -2.11. The zero-order valence-corrected chi connectivity index (χ0v) is 7.81. The van der Waals surface area contributed by atoms with Crippen molar-refractivity contribution < 1.29 is 9.50 Å². The van der Waals surface area contributed by atoms with Crippen LogP contribution in [0, 0.1) is 5.82 Å². The number of nitrogens with two attached hydrogens (primary N) is 1. The molecule has 78 valence electrons. The van der Waals surface area contributed by atoms with E-state index in [-0.39, 0.29) is 0 Å². The van der Waals surface area contributed by atoms with Gasteiger partial charge in [-0.25, -0.2) is 4.39 Å². The third-order valence-electron chi connectivity index (χ3n) is 2.16. The lowest BCUT2D eigenvalue weighted by Crippen LogP contribution is -2.04. The molecule has 0 amide bonds. The number of H-pyrrole nitrogens is 1. The SMILES string of the molecule is Nc1ccc(F)cc1C(O)c1ccn[nH]1. The van der Waals surface area contributed by atoms with Gasteiger partial charge < -0.3 is 10.8 Å². The quantitative estimate of drug-likeness (QED) is 0.648. The van der Waals surface area contributed by atoms with Crippen molar-refractivity contribution in [2.45, 2.75) is 6.10 Å². The predicted molar refractivity (Wildman–Crippen MR) is 53.5 cm³/mol. The number of nitrogens with zero attached hydrogens (tertiary/aromatic N) is 1. The molecular formula is C10H10FN3O. The normalized spacial score (nSPS) is 12.7. The first-order valence-electron chi connectivity index (χ1n) is 4.41. The van der Waals surface area contributed by atoms with Gasteiger partial charge in [0.1, 0.15) is 11.9 Å². The molecule has 0 saturated heterocycles. The fourth-order valence-corrected chi connectivity index (χ4v) is 1.37. The lowest BCUT2D eigenvalue weighted by atomic mass is 10.0. The maximum atomic E-state index is 13.0. The van der Waals surface area contributed by atoms with Crippen LogP contribution < -0.4 is 5.73 Å². The Morgan fingerprint density at radius 3 is 2.87 bits per heavy atom. The Balaban J connectivity index is 2.41. The van der Waals surface area contributed by atoms with E-state index in [1.165, 1.54) is 24.4 Å². The van der Waals surface area contributed by atoms with Crippen LogP contribution in [0.1, 0.15) is 17.4 Å². The average Bonchev–Trinajstić information content (AvgIpc) is 2.74. The van der Waals surface area contributed by atoms with E-state index >= 15 is 0 Å². The summed E-state index contributed by atoms with van der Waals surface area (Å²) in [6.07, 6.45) is 0.525. The van der Waals surface area contributed by atoms with Gasteiger partial charge in [-0.05, 0) is 24.3 Å². The minimum absolute atomic E-state index is 0.333. The van der Waals surface area contributed by atoms with Gasteiger partial charge in [0.2, 0.25) is 0 Å². The van der Waals surface area contributed by atoms with Crippen molar-refractivity contribution in [1.29, 1.82) is 0 Å². The Morgan fingerprint density at radius 2 is 2.20 bits per heavy atom. The number of hydrogen-bond donors (Lipinski definition) is 3. The Bertz CT molecular complexity index is 456. The topological polar surface area (TPSA) is 74.9 Å². The maximum absolute atomic E-state index is 13.0. The Labute approximate surface area is 85.6 Å². The van der Waals surface area contributed by atoms with Gasteiger partial charge in [0.25, 0.3) is 0 Å². The summed E-state index contributed by atoms with van der Waals surface area (Å²) in [5.41, 5.74) is 6.79. The van der Waals surface area contributed by atoms with E-state index in [9.17, 15) is 9.50 Å². The highest BCUT2D eigenvalue weighted by atomic mass is 19.1. The van der Waals surface area contributed by atoms with Crippen molar-refractivity contribution in [3.63, 3.8) is 0 Å². The zero-order chi connectivity index (χ0) is 10.8. The van der Waals surface area contributed by atoms with E-state index in [0.29, 0.717) is 16.9 Å². The third kappa shape index (κ3) is 1.82. The van der Waals surface area contributed by atoms with Crippen LogP contribution in [0.3, 0.4) is 0 Å².